The van der Waals surface area contributed by atoms with Gasteiger partial charge in [-0.25, -0.2) is 0 Å². The van der Waals surface area contributed by atoms with Crippen LogP contribution in [0.1, 0.15) is 24.0 Å². The smallest absolute Gasteiger partial charge is 0.273 e. The summed E-state index contributed by atoms with van der Waals surface area (Å²) in [6, 6.07) is 3.77. The molecule has 0 atom stereocenters. The fourth-order valence-electron chi connectivity index (χ4n) is 2.43. The van der Waals surface area contributed by atoms with Gasteiger partial charge in [0.25, 0.3) is 5.56 Å². The maximum absolute atomic E-state index is 12.0. The number of benzene rings is 1. The summed E-state index contributed by atoms with van der Waals surface area (Å²) in [5, 5.41) is 0. The lowest BCUT2D eigenvalue weighted by Gasteiger charge is -2.18. The molecule has 1 saturated carbocycles. The topological polar surface area (TPSA) is 44.1 Å². The second-order valence-corrected chi connectivity index (χ2v) is 5.79. The van der Waals surface area contributed by atoms with Crippen LogP contribution < -0.4 is 10.3 Å². The maximum Gasteiger partial charge on any atom is 0.273 e. The molecule has 0 saturated heterocycles. The van der Waals surface area contributed by atoms with Gasteiger partial charge < -0.3 is 4.74 Å². The third-order valence-electron chi connectivity index (χ3n) is 3.70. The van der Waals surface area contributed by atoms with Crippen LogP contribution in [0.2, 0.25) is 0 Å². The van der Waals surface area contributed by atoms with Gasteiger partial charge in [-0.15, -0.1) is 11.6 Å². The van der Waals surface area contributed by atoms with E-state index < -0.39 is 4.87 Å². The van der Waals surface area contributed by atoms with Crippen molar-refractivity contribution in [2.75, 3.05) is 7.11 Å². The first-order valence-electron chi connectivity index (χ1n) is 6.66. The summed E-state index contributed by atoms with van der Waals surface area (Å²) in [5.41, 5.74) is 2.27. The fraction of sp³-hybridized carbons (Fsp3) is 0.250. The molecule has 1 aromatic carbocycles. The highest BCUT2D eigenvalue weighted by molar-refractivity contribution is 6.26. The molecule has 0 radical (unpaired) electrons. The van der Waals surface area contributed by atoms with Crippen molar-refractivity contribution in [1.82, 2.24) is 9.55 Å². The van der Waals surface area contributed by atoms with Crippen molar-refractivity contribution in [2.45, 2.75) is 17.7 Å². The summed E-state index contributed by atoms with van der Waals surface area (Å²) >= 11 is 6.57. The quantitative estimate of drug-likeness (QED) is 0.815. The van der Waals surface area contributed by atoms with Gasteiger partial charge in [0.15, 0.2) is 0 Å². The molecule has 4 nitrogen and oxygen atoms in total. The first-order valence-corrected chi connectivity index (χ1v) is 7.04. The first kappa shape index (κ1) is 13.9. The molecule has 0 unspecified atom stereocenters. The van der Waals surface area contributed by atoms with Crippen LogP contribution in [0, 0.1) is 0 Å². The summed E-state index contributed by atoms with van der Waals surface area (Å²) in [6.07, 6.45) is 8.00. The van der Waals surface area contributed by atoms with Crippen LogP contribution in [-0.4, -0.2) is 16.7 Å². The third-order valence-corrected chi connectivity index (χ3v) is 4.28. The van der Waals surface area contributed by atoms with E-state index in [1.807, 2.05) is 12.1 Å². The Kier molecular flexibility index (Phi) is 3.33. The second kappa shape index (κ2) is 5.04. The van der Waals surface area contributed by atoms with Crippen LogP contribution in [0.15, 0.2) is 42.1 Å². The van der Waals surface area contributed by atoms with E-state index in [4.69, 9.17) is 16.3 Å². The minimum Gasteiger partial charge on any atom is -0.496 e. The molecule has 1 aliphatic rings. The van der Waals surface area contributed by atoms with Crippen LogP contribution in [-0.2, 0) is 4.87 Å². The third kappa shape index (κ3) is 2.36. The Morgan fingerprint density at radius 3 is 2.81 bits per heavy atom. The number of methoxy groups -OCH3 is 1. The van der Waals surface area contributed by atoms with E-state index in [-0.39, 0.29) is 5.56 Å². The Bertz CT molecular complexity index is 763. The van der Waals surface area contributed by atoms with Crippen molar-refractivity contribution in [1.29, 1.82) is 0 Å². The summed E-state index contributed by atoms with van der Waals surface area (Å²) in [4.78, 5) is 15.4. The number of alkyl halides is 1. The molecule has 1 aromatic heterocycles. The second-order valence-electron chi connectivity index (χ2n) is 5.07. The zero-order chi connectivity index (χ0) is 15.0. The molecule has 0 spiro atoms. The van der Waals surface area contributed by atoms with Crippen molar-refractivity contribution in [3.05, 3.63) is 58.8 Å². The van der Waals surface area contributed by atoms with Gasteiger partial charge in [0.2, 0.25) is 0 Å². The Balaban J connectivity index is 2.26. The molecule has 5 heteroatoms. The molecule has 0 amide bonds. The number of aromatic nitrogens is 2. The highest BCUT2D eigenvalue weighted by Gasteiger charge is 2.45. The Labute approximate surface area is 127 Å². The molecule has 0 aliphatic heterocycles. The standard InChI is InChI=1S/C16H15ClN2O2/c1-3-11-8-12(19-7-6-18-10-14(19)20)9-13(15(11)21-2)16(17)4-5-16/h3,6-10H,1,4-5H2,2H3. The van der Waals surface area contributed by atoms with Gasteiger partial charge in [0, 0.05) is 29.2 Å². The van der Waals surface area contributed by atoms with Gasteiger partial charge in [0.05, 0.1) is 18.2 Å². The highest BCUT2D eigenvalue weighted by Crippen LogP contribution is 2.55. The molecule has 0 N–H and O–H groups in total. The molecule has 3 rings (SSSR count). The van der Waals surface area contributed by atoms with E-state index in [0.29, 0.717) is 0 Å². The van der Waals surface area contributed by atoms with Crippen molar-refractivity contribution >= 4 is 17.7 Å². The zero-order valence-corrected chi connectivity index (χ0v) is 12.4. The molecule has 0 bridgehead atoms. The minimum atomic E-state index is -0.393. The highest BCUT2D eigenvalue weighted by atomic mass is 35.5. The number of halogens is 1. The summed E-state index contributed by atoms with van der Waals surface area (Å²) in [5.74, 6) is 0.725. The molecule has 108 valence electrons. The monoisotopic (exact) mass is 302 g/mol. The minimum absolute atomic E-state index is 0.192. The number of hydrogen-bond donors (Lipinski definition) is 0. The van der Waals surface area contributed by atoms with Crippen LogP contribution in [0.25, 0.3) is 11.8 Å². The Morgan fingerprint density at radius 2 is 2.24 bits per heavy atom. The molecule has 1 heterocycles. The van der Waals surface area contributed by atoms with Gasteiger partial charge in [-0.05, 0) is 25.0 Å². The van der Waals surface area contributed by atoms with E-state index in [2.05, 4.69) is 11.6 Å². The number of ether oxygens (including phenoxy) is 1. The van der Waals surface area contributed by atoms with Crippen LogP contribution in [0.4, 0.5) is 0 Å². The predicted molar refractivity (Wildman–Crippen MR) is 83.2 cm³/mol. The van der Waals surface area contributed by atoms with E-state index in [0.717, 1.165) is 35.4 Å². The van der Waals surface area contributed by atoms with Gasteiger partial charge in [-0.3, -0.25) is 14.3 Å². The fourth-order valence-corrected chi connectivity index (χ4v) is 2.66. The van der Waals surface area contributed by atoms with Crippen LogP contribution in [0.5, 0.6) is 5.75 Å². The summed E-state index contributed by atoms with van der Waals surface area (Å²) in [6.45, 7) is 3.82. The van der Waals surface area contributed by atoms with Gasteiger partial charge in [0.1, 0.15) is 5.75 Å². The number of nitrogens with zero attached hydrogens (tertiary/aromatic N) is 2. The predicted octanol–water partition coefficient (Wildman–Crippen LogP) is 3.11. The van der Waals surface area contributed by atoms with Crippen molar-refractivity contribution in [3.63, 3.8) is 0 Å². The Hall–Kier alpha value is -2.07. The summed E-state index contributed by atoms with van der Waals surface area (Å²) in [7, 11) is 1.62. The van der Waals surface area contributed by atoms with Gasteiger partial charge in [-0.2, -0.15) is 0 Å². The first-order chi connectivity index (χ1) is 10.1. The van der Waals surface area contributed by atoms with Crippen molar-refractivity contribution in [3.8, 4) is 11.4 Å². The molecular formula is C16H15ClN2O2. The van der Waals surface area contributed by atoms with E-state index >= 15 is 0 Å². The lowest BCUT2D eigenvalue weighted by Crippen LogP contribution is -2.17. The van der Waals surface area contributed by atoms with Crippen LogP contribution >= 0.6 is 11.6 Å². The van der Waals surface area contributed by atoms with Crippen molar-refractivity contribution < 1.29 is 4.74 Å². The van der Waals surface area contributed by atoms with E-state index in [1.54, 1.807) is 25.6 Å². The van der Waals surface area contributed by atoms with Gasteiger partial charge in [-0.1, -0.05) is 12.7 Å². The Morgan fingerprint density at radius 1 is 1.48 bits per heavy atom. The zero-order valence-electron chi connectivity index (χ0n) is 11.7. The average Bonchev–Trinajstić information content (AvgIpc) is 3.25. The largest absolute Gasteiger partial charge is 0.496 e. The molecule has 2 aromatic rings. The van der Waals surface area contributed by atoms with E-state index in [1.165, 1.54) is 10.8 Å². The van der Waals surface area contributed by atoms with Crippen LogP contribution in [0.3, 0.4) is 0 Å². The average molecular weight is 303 g/mol. The van der Waals surface area contributed by atoms with Crippen molar-refractivity contribution in [2.24, 2.45) is 0 Å². The lowest BCUT2D eigenvalue weighted by molar-refractivity contribution is 0.407. The number of hydrogen-bond acceptors (Lipinski definition) is 3. The lowest BCUT2D eigenvalue weighted by atomic mass is 10.0. The summed E-state index contributed by atoms with van der Waals surface area (Å²) < 4.78 is 7.03. The molecule has 1 fully saturated rings. The maximum atomic E-state index is 12.0. The SMILES string of the molecule is C=Cc1cc(-n2ccncc2=O)cc(C2(Cl)CC2)c1OC. The van der Waals surface area contributed by atoms with E-state index in [9.17, 15) is 4.79 Å². The molecule has 21 heavy (non-hydrogen) atoms. The van der Waals surface area contributed by atoms with Gasteiger partial charge >= 0.3 is 0 Å². The molecular weight excluding hydrogens is 288 g/mol. The normalized spacial score (nSPS) is 15.5. The molecule has 1 aliphatic carbocycles. The number of rotatable bonds is 4.